The Morgan fingerprint density at radius 1 is 1.00 bits per heavy atom. The molecule has 7 heteroatoms. The van der Waals surface area contributed by atoms with Gasteiger partial charge in [0.15, 0.2) is 0 Å². The average molecular weight is 448 g/mol. The number of allylic oxidation sites excluding steroid dienone is 4. The summed E-state index contributed by atoms with van der Waals surface area (Å²) in [6.45, 7) is 15.5. The monoisotopic (exact) mass is 447 g/mol. The minimum Gasteiger partial charge on any atom is -0.507 e. The molecule has 1 aliphatic carbocycles. The molecule has 0 saturated heterocycles. The Balaban J connectivity index is 0. The number of hydrogen-bond donors (Lipinski definition) is 2. The molecule has 0 unspecified atom stereocenters. The van der Waals surface area contributed by atoms with Crippen LogP contribution in [0.5, 0.6) is 5.75 Å². The SMILES string of the molecule is CC.CC.CC.Cc1cc(C)c(O)c(C(=O)NC2=CC=C(SC(F)(F)F)CCC2)c1. The van der Waals surface area contributed by atoms with Crippen LogP contribution in [0.1, 0.15) is 82.3 Å². The number of nitrogens with one attached hydrogen (secondary N) is 1. The number of phenolic OH excluding ortho intramolecular Hbond substituents is 1. The number of hydrogen-bond acceptors (Lipinski definition) is 3. The van der Waals surface area contributed by atoms with Crippen molar-refractivity contribution in [3.05, 3.63) is 51.6 Å². The van der Waals surface area contributed by atoms with Gasteiger partial charge >= 0.3 is 5.51 Å². The lowest BCUT2D eigenvalue weighted by molar-refractivity contribution is -0.0322. The highest BCUT2D eigenvalue weighted by Gasteiger charge is 2.30. The molecule has 172 valence electrons. The Hall–Kier alpha value is -1.89. The largest absolute Gasteiger partial charge is 0.507 e. The number of thioether (sulfide) groups is 1. The number of rotatable bonds is 3. The molecular formula is C23H36F3NO2S. The zero-order valence-corrected chi connectivity index (χ0v) is 20.1. The molecular weight excluding hydrogens is 411 g/mol. The molecule has 1 amide bonds. The highest BCUT2D eigenvalue weighted by molar-refractivity contribution is 8.03. The Morgan fingerprint density at radius 3 is 2.10 bits per heavy atom. The summed E-state index contributed by atoms with van der Waals surface area (Å²) in [5.41, 5.74) is -2.17. The number of halogens is 3. The molecule has 0 saturated carbocycles. The van der Waals surface area contributed by atoms with Gasteiger partial charge in [0, 0.05) is 5.70 Å². The fourth-order valence-corrected chi connectivity index (χ4v) is 3.18. The van der Waals surface area contributed by atoms with Gasteiger partial charge in [-0.15, -0.1) is 0 Å². The first-order valence-electron chi connectivity index (χ1n) is 10.4. The third-order valence-corrected chi connectivity index (χ3v) is 4.38. The van der Waals surface area contributed by atoms with Gasteiger partial charge in [0.25, 0.3) is 5.91 Å². The number of aryl methyl sites for hydroxylation is 2. The molecule has 2 rings (SSSR count). The van der Waals surface area contributed by atoms with E-state index in [1.54, 1.807) is 19.1 Å². The van der Waals surface area contributed by atoms with Crippen LogP contribution in [0.4, 0.5) is 13.2 Å². The number of alkyl halides is 3. The predicted molar refractivity (Wildman–Crippen MR) is 123 cm³/mol. The van der Waals surface area contributed by atoms with Crippen molar-refractivity contribution in [1.29, 1.82) is 0 Å². The second-order valence-electron chi connectivity index (χ2n) is 5.66. The molecule has 0 aromatic heterocycles. The number of benzene rings is 1. The Labute approximate surface area is 183 Å². The van der Waals surface area contributed by atoms with Crippen LogP contribution in [0.25, 0.3) is 0 Å². The summed E-state index contributed by atoms with van der Waals surface area (Å²) >= 11 is -0.121. The number of phenols is 1. The predicted octanol–water partition coefficient (Wildman–Crippen LogP) is 8.02. The highest BCUT2D eigenvalue weighted by atomic mass is 32.2. The first-order valence-corrected chi connectivity index (χ1v) is 11.2. The minimum absolute atomic E-state index is 0.0869. The smallest absolute Gasteiger partial charge is 0.446 e. The Morgan fingerprint density at radius 2 is 1.57 bits per heavy atom. The summed E-state index contributed by atoms with van der Waals surface area (Å²) in [6, 6.07) is 3.34. The summed E-state index contributed by atoms with van der Waals surface area (Å²) in [5, 5.41) is 12.7. The lowest BCUT2D eigenvalue weighted by Gasteiger charge is -2.11. The van der Waals surface area contributed by atoms with Gasteiger partial charge in [0.2, 0.25) is 0 Å². The molecule has 30 heavy (non-hydrogen) atoms. The van der Waals surface area contributed by atoms with Gasteiger partial charge in [-0.05, 0) is 73.0 Å². The van der Waals surface area contributed by atoms with E-state index >= 15 is 0 Å². The van der Waals surface area contributed by atoms with E-state index in [0.29, 0.717) is 30.5 Å². The van der Waals surface area contributed by atoms with E-state index in [-0.39, 0.29) is 28.0 Å². The van der Waals surface area contributed by atoms with Crippen molar-refractivity contribution >= 4 is 17.7 Å². The van der Waals surface area contributed by atoms with Crippen molar-refractivity contribution in [3.63, 3.8) is 0 Å². The molecule has 0 aliphatic heterocycles. The molecule has 0 atom stereocenters. The van der Waals surface area contributed by atoms with Gasteiger partial charge < -0.3 is 10.4 Å². The topological polar surface area (TPSA) is 49.3 Å². The average Bonchev–Trinajstić information content (AvgIpc) is 2.93. The van der Waals surface area contributed by atoms with E-state index in [0.717, 1.165) is 5.56 Å². The maximum Gasteiger partial charge on any atom is 0.446 e. The van der Waals surface area contributed by atoms with Crippen LogP contribution in [0.3, 0.4) is 0 Å². The van der Waals surface area contributed by atoms with Crippen molar-refractivity contribution in [2.24, 2.45) is 0 Å². The second kappa shape index (κ2) is 15.9. The normalized spacial score (nSPS) is 12.9. The van der Waals surface area contributed by atoms with Crippen LogP contribution in [0, 0.1) is 13.8 Å². The second-order valence-corrected chi connectivity index (χ2v) is 6.85. The Bertz CT molecular complexity index is 711. The Kier molecular flexibility index (Phi) is 16.0. The quantitative estimate of drug-likeness (QED) is 0.493. The molecule has 0 fully saturated rings. The van der Waals surface area contributed by atoms with Gasteiger partial charge in [-0.3, -0.25) is 4.79 Å². The van der Waals surface area contributed by atoms with E-state index in [1.165, 1.54) is 12.2 Å². The maximum atomic E-state index is 12.4. The van der Waals surface area contributed by atoms with Gasteiger partial charge in [0.1, 0.15) is 5.75 Å². The molecule has 0 bridgehead atoms. The van der Waals surface area contributed by atoms with Gasteiger partial charge in [-0.2, -0.15) is 13.2 Å². The molecule has 1 aromatic rings. The van der Waals surface area contributed by atoms with Crippen LogP contribution >= 0.6 is 11.8 Å². The fourth-order valence-electron chi connectivity index (χ4n) is 2.50. The third-order valence-electron chi connectivity index (χ3n) is 3.55. The number of carbonyl (C=O) groups excluding carboxylic acids is 1. The maximum absolute atomic E-state index is 12.4. The first-order chi connectivity index (χ1) is 14.2. The summed E-state index contributed by atoms with van der Waals surface area (Å²) in [6.07, 6.45) is 4.19. The molecule has 1 aromatic carbocycles. The van der Waals surface area contributed by atoms with Crippen molar-refractivity contribution < 1.29 is 23.1 Å². The number of amides is 1. The van der Waals surface area contributed by atoms with Crippen LogP contribution in [-0.4, -0.2) is 16.5 Å². The summed E-state index contributed by atoms with van der Waals surface area (Å²) in [7, 11) is 0. The molecule has 2 N–H and O–H groups in total. The van der Waals surface area contributed by atoms with E-state index in [2.05, 4.69) is 5.32 Å². The zero-order valence-electron chi connectivity index (χ0n) is 19.3. The number of aromatic hydroxyl groups is 1. The molecule has 3 nitrogen and oxygen atoms in total. The first kappa shape index (κ1) is 30.3. The van der Waals surface area contributed by atoms with E-state index in [1.807, 2.05) is 48.5 Å². The van der Waals surface area contributed by atoms with Crippen molar-refractivity contribution in [2.45, 2.75) is 80.2 Å². The minimum atomic E-state index is -4.31. The zero-order chi connectivity index (χ0) is 23.9. The number of carbonyl (C=O) groups is 1. The molecule has 0 heterocycles. The van der Waals surface area contributed by atoms with E-state index in [9.17, 15) is 23.1 Å². The van der Waals surface area contributed by atoms with Crippen LogP contribution in [0.2, 0.25) is 0 Å². The molecule has 0 radical (unpaired) electrons. The third kappa shape index (κ3) is 11.3. The van der Waals surface area contributed by atoms with E-state index in [4.69, 9.17) is 0 Å². The summed E-state index contributed by atoms with van der Waals surface area (Å²) < 4.78 is 37.3. The standard InChI is InChI=1S/C17H18F3NO2S.3C2H6/c1-10-8-11(2)15(22)14(9-10)16(23)21-12-4-3-5-13(7-6-12)24-17(18,19)20;3*1-2/h6-9,22H,3-5H2,1-2H3,(H,21,23);3*1-2H3. The molecule has 0 spiro atoms. The lowest BCUT2D eigenvalue weighted by atomic mass is 10.0. The summed E-state index contributed by atoms with van der Waals surface area (Å²) in [5.74, 6) is -0.554. The van der Waals surface area contributed by atoms with Gasteiger partial charge in [0.05, 0.1) is 5.56 Å². The van der Waals surface area contributed by atoms with Crippen LogP contribution in [0.15, 0.2) is 34.9 Å². The van der Waals surface area contributed by atoms with Crippen molar-refractivity contribution in [1.82, 2.24) is 5.32 Å². The van der Waals surface area contributed by atoms with Crippen LogP contribution in [-0.2, 0) is 0 Å². The van der Waals surface area contributed by atoms with Gasteiger partial charge in [-0.1, -0.05) is 53.7 Å². The molecule has 1 aliphatic rings. The van der Waals surface area contributed by atoms with Crippen LogP contribution < -0.4 is 5.32 Å². The summed E-state index contributed by atoms with van der Waals surface area (Å²) in [4.78, 5) is 12.6. The fraction of sp³-hybridized carbons (Fsp3) is 0.522. The van der Waals surface area contributed by atoms with Crippen molar-refractivity contribution in [2.75, 3.05) is 0 Å². The van der Waals surface area contributed by atoms with Crippen molar-refractivity contribution in [3.8, 4) is 5.75 Å². The van der Waals surface area contributed by atoms with E-state index < -0.39 is 11.4 Å². The van der Waals surface area contributed by atoms with Gasteiger partial charge in [-0.25, -0.2) is 0 Å². The lowest BCUT2D eigenvalue weighted by Crippen LogP contribution is -2.23. The highest BCUT2D eigenvalue weighted by Crippen LogP contribution is 2.39.